The fourth-order valence-electron chi connectivity index (χ4n) is 4.42. The number of fused-ring (bicyclic) bond motifs is 1. The predicted molar refractivity (Wildman–Crippen MR) is 163 cm³/mol. The molecule has 3 aromatic carbocycles. The van der Waals surface area contributed by atoms with Gasteiger partial charge in [0, 0.05) is 34.9 Å². The summed E-state index contributed by atoms with van der Waals surface area (Å²) in [4.78, 5) is 7.65. The molecule has 0 bridgehead atoms. The maximum Gasteiger partial charge on any atom is 0.130 e. The highest BCUT2D eigenvalue weighted by molar-refractivity contribution is 5.89. The number of H-pyrrole nitrogens is 1. The fraction of sp³-hybridized carbons (Fsp3) is 0.171. The second kappa shape index (κ2) is 13.9. The number of hydrogen-bond acceptors (Lipinski definition) is 4. The van der Waals surface area contributed by atoms with Crippen LogP contribution < -0.4 is 14.2 Å². The van der Waals surface area contributed by atoms with E-state index in [1.807, 2.05) is 60.7 Å². The molecule has 5 rings (SSSR count). The summed E-state index contributed by atoms with van der Waals surface area (Å²) in [7, 11) is 1.68. The number of aromatic amines is 1. The topological polar surface area (TPSA) is 56.4 Å². The van der Waals surface area contributed by atoms with Crippen LogP contribution in [0.4, 0.5) is 0 Å². The molecule has 1 N–H and O–H groups in total. The zero-order valence-corrected chi connectivity index (χ0v) is 22.8. The Kier molecular flexibility index (Phi) is 9.29. The molecule has 0 spiro atoms. The van der Waals surface area contributed by atoms with Crippen LogP contribution in [0.25, 0.3) is 23.1 Å². The molecule has 5 nitrogen and oxygen atoms in total. The Morgan fingerprint density at radius 2 is 1.50 bits per heavy atom. The van der Waals surface area contributed by atoms with Crippen molar-refractivity contribution in [3.8, 4) is 17.2 Å². The SMILES string of the molecule is COc1cc(OCc2ccccn2)ccc1/C=C/CCC/C=C/c1c[nH]c2ccc(OCc3ccccc3)cc12. The van der Waals surface area contributed by atoms with Gasteiger partial charge in [0.25, 0.3) is 0 Å². The van der Waals surface area contributed by atoms with Gasteiger partial charge in [0.2, 0.25) is 0 Å². The van der Waals surface area contributed by atoms with Gasteiger partial charge in [-0.15, -0.1) is 0 Å². The van der Waals surface area contributed by atoms with Crippen LogP contribution in [0, 0.1) is 0 Å². The highest BCUT2D eigenvalue weighted by atomic mass is 16.5. The van der Waals surface area contributed by atoms with Crippen LogP contribution in [0.15, 0.2) is 109 Å². The zero-order valence-electron chi connectivity index (χ0n) is 22.8. The number of nitrogens with one attached hydrogen (secondary N) is 1. The highest BCUT2D eigenvalue weighted by Gasteiger charge is 2.05. The molecule has 5 heteroatoms. The first-order chi connectivity index (χ1) is 19.8. The number of hydrogen-bond donors (Lipinski definition) is 1. The molecule has 0 amide bonds. The summed E-state index contributed by atoms with van der Waals surface area (Å²) in [6, 6.07) is 28.1. The van der Waals surface area contributed by atoms with Gasteiger partial charge in [-0.2, -0.15) is 0 Å². The number of aromatic nitrogens is 2. The molecule has 0 saturated carbocycles. The molecule has 2 aromatic heterocycles. The summed E-state index contributed by atoms with van der Waals surface area (Å²) in [5.41, 5.74) is 5.36. The average Bonchev–Trinajstić information content (AvgIpc) is 3.42. The Morgan fingerprint density at radius 3 is 2.30 bits per heavy atom. The minimum Gasteiger partial charge on any atom is -0.496 e. The lowest BCUT2D eigenvalue weighted by Crippen LogP contribution is -1.98. The number of ether oxygens (including phenoxy) is 3. The van der Waals surface area contributed by atoms with Crippen molar-refractivity contribution in [2.45, 2.75) is 32.5 Å². The number of allylic oxidation sites excluding steroid dienone is 2. The second-order valence-electron chi connectivity index (χ2n) is 9.47. The molecule has 40 heavy (non-hydrogen) atoms. The lowest BCUT2D eigenvalue weighted by atomic mass is 10.1. The first kappa shape index (κ1) is 26.8. The van der Waals surface area contributed by atoms with Gasteiger partial charge in [-0.25, -0.2) is 0 Å². The van der Waals surface area contributed by atoms with Crippen LogP contribution in [0.2, 0.25) is 0 Å². The van der Waals surface area contributed by atoms with Crippen LogP contribution in [0.1, 0.15) is 41.6 Å². The lowest BCUT2D eigenvalue weighted by Gasteiger charge is -2.10. The summed E-state index contributed by atoms with van der Waals surface area (Å²) in [6.45, 7) is 0.986. The zero-order chi connectivity index (χ0) is 27.4. The summed E-state index contributed by atoms with van der Waals surface area (Å²) in [6.07, 6.45) is 15.6. The van der Waals surface area contributed by atoms with Crippen molar-refractivity contribution in [1.82, 2.24) is 9.97 Å². The molecular formula is C35H34N2O3. The normalized spacial score (nSPS) is 11.4. The van der Waals surface area contributed by atoms with Crippen molar-refractivity contribution in [2.24, 2.45) is 0 Å². The van der Waals surface area contributed by atoms with Gasteiger partial charge in [-0.3, -0.25) is 4.98 Å². The van der Waals surface area contributed by atoms with E-state index in [2.05, 4.69) is 64.7 Å². The molecule has 0 aliphatic heterocycles. The van der Waals surface area contributed by atoms with Gasteiger partial charge in [0.05, 0.1) is 12.8 Å². The summed E-state index contributed by atoms with van der Waals surface area (Å²) in [5, 5.41) is 1.17. The van der Waals surface area contributed by atoms with Gasteiger partial charge < -0.3 is 19.2 Å². The molecule has 2 heterocycles. The molecule has 0 saturated heterocycles. The number of methoxy groups -OCH3 is 1. The van der Waals surface area contributed by atoms with E-state index >= 15 is 0 Å². The van der Waals surface area contributed by atoms with Crippen LogP contribution in [-0.4, -0.2) is 17.1 Å². The summed E-state index contributed by atoms with van der Waals surface area (Å²) >= 11 is 0. The Morgan fingerprint density at radius 1 is 0.750 bits per heavy atom. The largest absolute Gasteiger partial charge is 0.496 e. The molecular weight excluding hydrogens is 496 g/mol. The third kappa shape index (κ3) is 7.41. The maximum atomic E-state index is 6.02. The fourth-order valence-corrected chi connectivity index (χ4v) is 4.42. The number of unbranched alkanes of at least 4 members (excludes halogenated alkanes) is 2. The van der Waals surface area contributed by atoms with Crippen molar-refractivity contribution in [2.75, 3.05) is 7.11 Å². The van der Waals surface area contributed by atoms with E-state index in [1.165, 1.54) is 10.9 Å². The second-order valence-corrected chi connectivity index (χ2v) is 9.47. The van der Waals surface area contributed by atoms with Crippen LogP contribution in [0.3, 0.4) is 0 Å². The van der Waals surface area contributed by atoms with Gasteiger partial charge >= 0.3 is 0 Å². The van der Waals surface area contributed by atoms with Crippen LogP contribution in [-0.2, 0) is 13.2 Å². The maximum absolute atomic E-state index is 6.02. The minimum absolute atomic E-state index is 0.425. The van der Waals surface area contributed by atoms with E-state index in [0.717, 1.165) is 58.8 Å². The van der Waals surface area contributed by atoms with E-state index in [0.29, 0.717) is 13.2 Å². The quantitative estimate of drug-likeness (QED) is 0.155. The van der Waals surface area contributed by atoms with Gasteiger partial charge in [-0.05, 0) is 72.9 Å². The van der Waals surface area contributed by atoms with E-state index in [-0.39, 0.29) is 0 Å². The summed E-state index contributed by atoms with van der Waals surface area (Å²) in [5.74, 6) is 2.43. The van der Waals surface area contributed by atoms with Crippen molar-refractivity contribution in [1.29, 1.82) is 0 Å². The number of rotatable bonds is 13. The van der Waals surface area contributed by atoms with Crippen molar-refractivity contribution in [3.63, 3.8) is 0 Å². The highest BCUT2D eigenvalue weighted by Crippen LogP contribution is 2.27. The molecule has 0 atom stereocenters. The summed E-state index contributed by atoms with van der Waals surface area (Å²) < 4.78 is 17.5. The van der Waals surface area contributed by atoms with E-state index < -0.39 is 0 Å². The predicted octanol–water partition coefficient (Wildman–Crippen LogP) is 8.63. The monoisotopic (exact) mass is 530 g/mol. The number of benzene rings is 3. The third-order valence-electron chi connectivity index (χ3n) is 6.59. The molecule has 0 aliphatic rings. The van der Waals surface area contributed by atoms with Crippen molar-refractivity contribution >= 4 is 23.1 Å². The van der Waals surface area contributed by atoms with Crippen molar-refractivity contribution in [3.05, 3.63) is 132 Å². The standard InChI is InChI=1S/C35H34N2O3/c1-38-35-23-32(40-26-30-16-10-11-21-36-30)18-17-28(35)14-8-3-2-4-9-15-29-24-37-34-20-19-31(22-33(29)34)39-25-27-12-6-5-7-13-27/h5-24,37H,2-4,25-26H2,1H3/b14-8+,15-9+. The average molecular weight is 531 g/mol. The first-order valence-electron chi connectivity index (χ1n) is 13.6. The smallest absolute Gasteiger partial charge is 0.130 e. The first-order valence-corrected chi connectivity index (χ1v) is 13.6. The van der Waals surface area contributed by atoms with Gasteiger partial charge in [0.15, 0.2) is 0 Å². The molecule has 0 aliphatic carbocycles. The molecule has 0 radical (unpaired) electrons. The van der Waals surface area contributed by atoms with Crippen LogP contribution >= 0.6 is 0 Å². The van der Waals surface area contributed by atoms with Gasteiger partial charge in [-0.1, -0.05) is 60.7 Å². The Bertz CT molecular complexity index is 1560. The minimum atomic E-state index is 0.425. The molecule has 0 unspecified atom stereocenters. The Labute approximate surface area is 235 Å². The number of pyridine rings is 1. The van der Waals surface area contributed by atoms with E-state index in [9.17, 15) is 0 Å². The van der Waals surface area contributed by atoms with Crippen LogP contribution in [0.5, 0.6) is 17.2 Å². The Hall–Kier alpha value is -4.77. The third-order valence-corrected chi connectivity index (χ3v) is 6.59. The Balaban J connectivity index is 1.09. The molecule has 0 fully saturated rings. The van der Waals surface area contributed by atoms with E-state index in [1.54, 1.807) is 13.3 Å². The van der Waals surface area contributed by atoms with Gasteiger partial charge in [0.1, 0.15) is 30.5 Å². The molecule has 5 aromatic rings. The number of nitrogens with zero attached hydrogens (tertiary/aromatic N) is 1. The molecule has 202 valence electrons. The van der Waals surface area contributed by atoms with Crippen molar-refractivity contribution < 1.29 is 14.2 Å². The lowest BCUT2D eigenvalue weighted by molar-refractivity contribution is 0.299. The van der Waals surface area contributed by atoms with E-state index in [4.69, 9.17) is 14.2 Å².